The standard InChI is InChI=1S/C17H23N3O3/c1-22-14-11-20(7-6-17(14)5-2-8-23-17)16(21)13-9-18-15(19-10-13)12-3-4-12/h9-10,12,14H,2-8,11H2,1H3/t14-,17-/m0/s1. The van der Waals surface area contributed by atoms with Crippen molar-refractivity contribution in [2.45, 2.75) is 49.7 Å². The Hall–Kier alpha value is -1.53. The fourth-order valence-corrected chi connectivity index (χ4v) is 3.77. The van der Waals surface area contributed by atoms with E-state index in [2.05, 4.69) is 9.97 Å². The topological polar surface area (TPSA) is 64.5 Å². The molecule has 1 saturated carbocycles. The molecule has 0 bridgehead atoms. The first kappa shape index (κ1) is 15.0. The molecule has 2 aliphatic heterocycles. The largest absolute Gasteiger partial charge is 0.377 e. The Balaban J connectivity index is 1.46. The van der Waals surface area contributed by atoms with Gasteiger partial charge in [-0.2, -0.15) is 0 Å². The van der Waals surface area contributed by atoms with Crippen molar-refractivity contribution in [3.05, 3.63) is 23.8 Å². The van der Waals surface area contributed by atoms with E-state index < -0.39 is 0 Å². The lowest BCUT2D eigenvalue weighted by Gasteiger charge is -2.44. The summed E-state index contributed by atoms with van der Waals surface area (Å²) in [5.74, 6) is 1.36. The van der Waals surface area contributed by atoms with Gasteiger partial charge < -0.3 is 14.4 Å². The van der Waals surface area contributed by atoms with Crippen LogP contribution in [0.3, 0.4) is 0 Å². The molecule has 4 rings (SSSR count). The van der Waals surface area contributed by atoms with E-state index >= 15 is 0 Å². The number of nitrogens with zero attached hydrogens (tertiary/aromatic N) is 3. The molecular weight excluding hydrogens is 294 g/mol. The van der Waals surface area contributed by atoms with Gasteiger partial charge >= 0.3 is 0 Å². The minimum Gasteiger partial charge on any atom is -0.377 e. The van der Waals surface area contributed by atoms with Crippen LogP contribution in [0.2, 0.25) is 0 Å². The smallest absolute Gasteiger partial charge is 0.257 e. The van der Waals surface area contributed by atoms with Gasteiger partial charge in [-0.15, -0.1) is 0 Å². The van der Waals surface area contributed by atoms with E-state index in [-0.39, 0.29) is 17.6 Å². The Kier molecular flexibility index (Phi) is 3.81. The highest BCUT2D eigenvalue weighted by atomic mass is 16.5. The molecule has 1 spiro atoms. The van der Waals surface area contributed by atoms with Crippen molar-refractivity contribution in [2.75, 3.05) is 26.8 Å². The van der Waals surface area contributed by atoms with Crippen molar-refractivity contribution >= 4 is 5.91 Å². The molecular formula is C17H23N3O3. The van der Waals surface area contributed by atoms with Gasteiger partial charge in [0.2, 0.25) is 0 Å². The molecule has 0 unspecified atom stereocenters. The minimum absolute atomic E-state index is 0.0118. The van der Waals surface area contributed by atoms with Gasteiger partial charge in [-0.1, -0.05) is 0 Å². The van der Waals surface area contributed by atoms with Crippen LogP contribution in [0.4, 0.5) is 0 Å². The van der Waals surface area contributed by atoms with E-state index in [1.54, 1.807) is 19.5 Å². The Morgan fingerprint density at radius 2 is 2.13 bits per heavy atom. The van der Waals surface area contributed by atoms with E-state index in [1.807, 2.05) is 4.90 Å². The molecule has 0 N–H and O–H groups in total. The van der Waals surface area contributed by atoms with Gasteiger partial charge in [0.05, 0.1) is 11.2 Å². The highest BCUT2D eigenvalue weighted by Crippen LogP contribution is 2.38. The maximum absolute atomic E-state index is 12.7. The molecule has 6 heteroatoms. The number of carbonyl (C=O) groups is 1. The molecule has 1 aromatic rings. The maximum Gasteiger partial charge on any atom is 0.257 e. The average molecular weight is 317 g/mol. The highest BCUT2D eigenvalue weighted by molar-refractivity contribution is 5.93. The number of likely N-dealkylation sites (tertiary alicyclic amines) is 1. The predicted molar refractivity (Wildman–Crippen MR) is 83.2 cm³/mol. The summed E-state index contributed by atoms with van der Waals surface area (Å²) in [7, 11) is 1.70. The fraction of sp³-hybridized carbons (Fsp3) is 0.706. The highest BCUT2D eigenvalue weighted by Gasteiger charge is 2.47. The van der Waals surface area contributed by atoms with Crippen molar-refractivity contribution in [1.29, 1.82) is 0 Å². The molecule has 1 aliphatic carbocycles. The third kappa shape index (κ3) is 2.74. The minimum atomic E-state index is -0.197. The first-order valence-electron chi connectivity index (χ1n) is 8.50. The van der Waals surface area contributed by atoms with E-state index in [0.29, 0.717) is 24.6 Å². The Morgan fingerprint density at radius 3 is 2.74 bits per heavy atom. The third-order valence-corrected chi connectivity index (χ3v) is 5.34. The van der Waals surface area contributed by atoms with Gasteiger partial charge in [0.25, 0.3) is 5.91 Å². The average Bonchev–Trinajstić information content (AvgIpc) is 3.35. The normalized spacial score (nSPS) is 30.8. The number of hydrogen-bond donors (Lipinski definition) is 0. The van der Waals surface area contributed by atoms with E-state index in [9.17, 15) is 4.79 Å². The summed E-state index contributed by atoms with van der Waals surface area (Å²) in [6.07, 6.45) is 8.53. The Bertz CT molecular complexity index is 579. The van der Waals surface area contributed by atoms with Crippen molar-refractivity contribution in [3.63, 3.8) is 0 Å². The molecule has 1 aromatic heterocycles. The number of piperidine rings is 1. The number of aromatic nitrogens is 2. The first-order chi connectivity index (χ1) is 11.2. The van der Waals surface area contributed by atoms with Crippen molar-refractivity contribution < 1.29 is 14.3 Å². The number of rotatable bonds is 3. The molecule has 3 fully saturated rings. The van der Waals surface area contributed by atoms with E-state index in [0.717, 1.165) is 44.5 Å². The number of hydrogen-bond acceptors (Lipinski definition) is 5. The molecule has 23 heavy (non-hydrogen) atoms. The van der Waals surface area contributed by atoms with Crippen molar-refractivity contribution in [3.8, 4) is 0 Å². The molecule has 3 aliphatic rings. The number of amides is 1. The van der Waals surface area contributed by atoms with Gasteiger partial charge in [0.15, 0.2) is 0 Å². The van der Waals surface area contributed by atoms with Crippen LogP contribution in [0.1, 0.15) is 54.2 Å². The Labute approximate surface area is 136 Å². The lowest BCUT2D eigenvalue weighted by Crippen LogP contribution is -2.57. The van der Waals surface area contributed by atoms with Crippen LogP contribution in [0.15, 0.2) is 12.4 Å². The summed E-state index contributed by atoms with van der Waals surface area (Å²) in [5, 5.41) is 0. The van der Waals surface area contributed by atoms with Crippen LogP contribution in [-0.2, 0) is 9.47 Å². The van der Waals surface area contributed by atoms with Gasteiger partial charge in [-0.05, 0) is 32.1 Å². The molecule has 2 saturated heterocycles. The quantitative estimate of drug-likeness (QED) is 0.850. The van der Waals surface area contributed by atoms with Gasteiger partial charge in [-0.3, -0.25) is 4.79 Å². The second-order valence-electron chi connectivity index (χ2n) is 6.85. The summed E-state index contributed by atoms with van der Waals surface area (Å²) in [6, 6.07) is 0. The van der Waals surface area contributed by atoms with Gasteiger partial charge in [0, 0.05) is 45.1 Å². The summed E-state index contributed by atoms with van der Waals surface area (Å²) >= 11 is 0. The first-order valence-corrected chi connectivity index (χ1v) is 8.50. The zero-order chi connectivity index (χ0) is 15.9. The number of carbonyl (C=O) groups excluding carboxylic acids is 1. The molecule has 3 heterocycles. The summed E-state index contributed by atoms with van der Waals surface area (Å²) in [5.41, 5.74) is 0.366. The third-order valence-electron chi connectivity index (χ3n) is 5.34. The molecule has 124 valence electrons. The number of ether oxygens (including phenoxy) is 2. The second kappa shape index (κ2) is 5.83. The lowest BCUT2D eigenvalue weighted by atomic mass is 9.85. The summed E-state index contributed by atoms with van der Waals surface area (Å²) in [6.45, 7) is 2.06. The van der Waals surface area contributed by atoms with Crippen LogP contribution in [0.5, 0.6) is 0 Å². The van der Waals surface area contributed by atoms with E-state index in [4.69, 9.17) is 9.47 Å². The van der Waals surface area contributed by atoms with Crippen LogP contribution in [0.25, 0.3) is 0 Å². The lowest BCUT2D eigenvalue weighted by molar-refractivity contribution is -0.136. The predicted octanol–water partition coefficient (Wildman–Crippen LogP) is 1.76. The van der Waals surface area contributed by atoms with Crippen LogP contribution in [-0.4, -0.2) is 59.3 Å². The molecule has 2 atom stereocenters. The maximum atomic E-state index is 12.7. The molecule has 0 aromatic carbocycles. The zero-order valence-electron chi connectivity index (χ0n) is 13.5. The van der Waals surface area contributed by atoms with Crippen LogP contribution >= 0.6 is 0 Å². The molecule has 0 radical (unpaired) electrons. The number of methoxy groups -OCH3 is 1. The van der Waals surface area contributed by atoms with Gasteiger partial charge in [-0.25, -0.2) is 9.97 Å². The van der Waals surface area contributed by atoms with E-state index in [1.165, 1.54) is 0 Å². The SMILES string of the molecule is CO[C@H]1CN(C(=O)c2cnc(C3CC3)nc2)CC[C@@]12CCCO2. The summed E-state index contributed by atoms with van der Waals surface area (Å²) < 4.78 is 11.6. The Morgan fingerprint density at radius 1 is 1.35 bits per heavy atom. The van der Waals surface area contributed by atoms with Crippen molar-refractivity contribution in [1.82, 2.24) is 14.9 Å². The van der Waals surface area contributed by atoms with Crippen molar-refractivity contribution in [2.24, 2.45) is 0 Å². The second-order valence-corrected chi connectivity index (χ2v) is 6.85. The fourth-order valence-electron chi connectivity index (χ4n) is 3.77. The summed E-state index contributed by atoms with van der Waals surface area (Å²) in [4.78, 5) is 23.3. The van der Waals surface area contributed by atoms with Crippen LogP contribution in [0, 0.1) is 0 Å². The van der Waals surface area contributed by atoms with Gasteiger partial charge in [0.1, 0.15) is 11.9 Å². The van der Waals surface area contributed by atoms with Crippen LogP contribution < -0.4 is 0 Å². The molecule has 6 nitrogen and oxygen atoms in total. The monoisotopic (exact) mass is 317 g/mol. The molecule has 1 amide bonds. The zero-order valence-corrected chi connectivity index (χ0v) is 13.5.